The first kappa shape index (κ1) is 13.8. The number of rotatable bonds is 3. The van der Waals surface area contributed by atoms with Gasteiger partial charge in [-0.2, -0.15) is 0 Å². The quantitative estimate of drug-likeness (QED) is 0.893. The van der Waals surface area contributed by atoms with Gasteiger partial charge < -0.3 is 10.4 Å². The molecule has 4 heteroatoms. The molecular weight excluding hydrogens is 268 g/mol. The smallest absolute Gasteiger partial charge is 0.184 e. The zero-order valence-corrected chi connectivity index (χ0v) is 12.9. The minimum Gasteiger partial charge on any atom is -0.393 e. The largest absolute Gasteiger partial charge is 0.393 e. The van der Waals surface area contributed by atoms with Gasteiger partial charge in [-0.15, -0.1) is 0 Å². The Labute approximate surface area is 124 Å². The van der Waals surface area contributed by atoms with E-state index in [1.165, 1.54) is 10.3 Å². The van der Waals surface area contributed by atoms with Gasteiger partial charge >= 0.3 is 0 Å². The number of hydrogen-bond acceptors (Lipinski definition) is 4. The van der Waals surface area contributed by atoms with Crippen LogP contribution in [0.25, 0.3) is 10.2 Å². The predicted molar refractivity (Wildman–Crippen MR) is 85.6 cm³/mol. The highest BCUT2D eigenvalue weighted by atomic mass is 32.1. The fourth-order valence-electron chi connectivity index (χ4n) is 2.89. The third-order valence-electron chi connectivity index (χ3n) is 4.10. The summed E-state index contributed by atoms with van der Waals surface area (Å²) in [4.78, 5) is 4.79. The van der Waals surface area contributed by atoms with Crippen molar-refractivity contribution in [2.45, 2.75) is 57.6 Å². The van der Waals surface area contributed by atoms with Crippen molar-refractivity contribution in [2.75, 3.05) is 5.32 Å². The van der Waals surface area contributed by atoms with Gasteiger partial charge in [0.15, 0.2) is 5.13 Å². The zero-order chi connectivity index (χ0) is 14.1. The molecular formula is C16H22N2OS. The summed E-state index contributed by atoms with van der Waals surface area (Å²) in [6.07, 6.45) is 3.78. The maximum Gasteiger partial charge on any atom is 0.184 e. The topological polar surface area (TPSA) is 45.1 Å². The van der Waals surface area contributed by atoms with Crippen LogP contribution in [0.1, 0.15) is 51.0 Å². The van der Waals surface area contributed by atoms with Crippen LogP contribution in [0, 0.1) is 0 Å². The summed E-state index contributed by atoms with van der Waals surface area (Å²) in [5.41, 5.74) is 2.47. The van der Waals surface area contributed by atoms with Gasteiger partial charge in [0.2, 0.25) is 0 Å². The highest BCUT2D eigenvalue weighted by Crippen LogP contribution is 2.33. The van der Waals surface area contributed by atoms with Crippen LogP contribution in [0.15, 0.2) is 18.2 Å². The molecule has 0 radical (unpaired) electrons. The van der Waals surface area contributed by atoms with Crippen LogP contribution in [0.2, 0.25) is 0 Å². The number of fused-ring (bicyclic) bond motifs is 1. The molecule has 20 heavy (non-hydrogen) atoms. The second-order valence-electron chi connectivity index (χ2n) is 6.02. The number of anilines is 1. The Bertz CT molecular complexity index is 585. The number of benzene rings is 1. The molecule has 1 aliphatic carbocycles. The molecule has 3 nitrogen and oxygen atoms in total. The van der Waals surface area contributed by atoms with E-state index in [0.717, 1.165) is 36.3 Å². The summed E-state index contributed by atoms with van der Waals surface area (Å²) < 4.78 is 1.26. The lowest BCUT2D eigenvalue weighted by Crippen LogP contribution is -2.28. The fourth-order valence-corrected chi connectivity index (χ4v) is 3.87. The fraction of sp³-hybridized carbons (Fsp3) is 0.562. The predicted octanol–water partition coefficient (Wildman–Crippen LogP) is 4.14. The van der Waals surface area contributed by atoms with Crippen LogP contribution in [0.3, 0.4) is 0 Å². The lowest BCUT2D eigenvalue weighted by molar-refractivity contribution is 0.126. The molecule has 1 fully saturated rings. The third kappa shape index (κ3) is 2.81. The van der Waals surface area contributed by atoms with E-state index in [1.807, 2.05) is 0 Å². The zero-order valence-electron chi connectivity index (χ0n) is 12.1. The van der Waals surface area contributed by atoms with E-state index in [2.05, 4.69) is 37.4 Å². The molecule has 0 spiro atoms. The van der Waals surface area contributed by atoms with Crippen molar-refractivity contribution in [3.8, 4) is 0 Å². The van der Waals surface area contributed by atoms with Crippen molar-refractivity contribution >= 4 is 26.7 Å². The average molecular weight is 290 g/mol. The van der Waals surface area contributed by atoms with Crippen LogP contribution in [0.5, 0.6) is 0 Å². The molecule has 1 heterocycles. The Morgan fingerprint density at radius 1 is 1.25 bits per heavy atom. The van der Waals surface area contributed by atoms with Crippen LogP contribution >= 0.6 is 11.3 Å². The summed E-state index contributed by atoms with van der Waals surface area (Å²) in [6.45, 7) is 4.42. The molecule has 0 amide bonds. The van der Waals surface area contributed by atoms with Gasteiger partial charge in [-0.1, -0.05) is 37.3 Å². The molecule has 0 atom stereocenters. The molecule has 2 N–H and O–H groups in total. The molecule has 1 saturated carbocycles. The van der Waals surface area contributed by atoms with Gasteiger partial charge in [-0.25, -0.2) is 4.98 Å². The molecule has 2 aromatic rings. The van der Waals surface area contributed by atoms with Crippen LogP contribution in [-0.4, -0.2) is 22.2 Å². The molecule has 3 rings (SSSR count). The number of hydrogen-bond donors (Lipinski definition) is 2. The van der Waals surface area contributed by atoms with Crippen molar-refractivity contribution in [3.63, 3.8) is 0 Å². The summed E-state index contributed by atoms with van der Waals surface area (Å²) in [5.74, 6) is 0.499. The highest BCUT2D eigenvalue weighted by molar-refractivity contribution is 7.22. The van der Waals surface area contributed by atoms with E-state index in [0.29, 0.717) is 12.0 Å². The first-order valence-electron chi connectivity index (χ1n) is 7.47. The van der Waals surface area contributed by atoms with E-state index < -0.39 is 0 Å². The summed E-state index contributed by atoms with van der Waals surface area (Å²) in [5, 5.41) is 14.1. The Morgan fingerprint density at radius 2 is 2.00 bits per heavy atom. The SMILES string of the molecule is CC(C)c1cccc2sc(NC3CCC(O)CC3)nc12. The minimum absolute atomic E-state index is 0.101. The second-order valence-corrected chi connectivity index (χ2v) is 7.05. The first-order chi connectivity index (χ1) is 9.63. The number of nitrogens with zero attached hydrogens (tertiary/aromatic N) is 1. The van der Waals surface area contributed by atoms with E-state index in [9.17, 15) is 5.11 Å². The highest BCUT2D eigenvalue weighted by Gasteiger charge is 2.20. The van der Waals surface area contributed by atoms with Crippen molar-refractivity contribution in [1.29, 1.82) is 0 Å². The van der Waals surface area contributed by atoms with Gasteiger partial charge in [-0.3, -0.25) is 0 Å². The summed E-state index contributed by atoms with van der Waals surface area (Å²) >= 11 is 1.74. The van der Waals surface area contributed by atoms with E-state index >= 15 is 0 Å². The molecule has 1 aromatic carbocycles. The number of aliphatic hydroxyl groups excluding tert-OH is 1. The van der Waals surface area contributed by atoms with Crippen molar-refractivity contribution in [2.24, 2.45) is 0 Å². The maximum absolute atomic E-state index is 9.56. The van der Waals surface area contributed by atoms with E-state index in [1.54, 1.807) is 11.3 Å². The second kappa shape index (κ2) is 5.70. The van der Waals surface area contributed by atoms with Crippen LogP contribution in [-0.2, 0) is 0 Å². The van der Waals surface area contributed by atoms with Gasteiger partial charge in [0.1, 0.15) is 0 Å². The maximum atomic E-state index is 9.56. The first-order valence-corrected chi connectivity index (χ1v) is 8.29. The molecule has 1 aliphatic rings. The monoisotopic (exact) mass is 290 g/mol. The Hall–Kier alpha value is -1.13. The van der Waals surface area contributed by atoms with Gasteiger partial charge in [-0.05, 0) is 43.2 Å². The number of nitrogens with one attached hydrogen (secondary N) is 1. The number of para-hydroxylation sites is 1. The van der Waals surface area contributed by atoms with Crippen LogP contribution < -0.4 is 5.32 Å². The molecule has 0 aliphatic heterocycles. The summed E-state index contributed by atoms with van der Waals surface area (Å²) in [6, 6.07) is 6.90. The number of aromatic nitrogens is 1. The van der Waals surface area contributed by atoms with Gasteiger partial charge in [0, 0.05) is 6.04 Å². The Balaban J connectivity index is 1.81. The van der Waals surface area contributed by atoms with E-state index in [-0.39, 0.29) is 6.10 Å². The average Bonchev–Trinajstić information content (AvgIpc) is 2.83. The molecule has 0 saturated heterocycles. The Kier molecular flexibility index (Phi) is 3.94. The lowest BCUT2D eigenvalue weighted by atomic mass is 9.93. The molecule has 0 bridgehead atoms. The van der Waals surface area contributed by atoms with Crippen molar-refractivity contribution in [3.05, 3.63) is 23.8 Å². The minimum atomic E-state index is -0.101. The van der Waals surface area contributed by atoms with E-state index in [4.69, 9.17) is 4.98 Å². The number of aliphatic hydroxyl groups is 1. The standard InChI is InChI=1S/C16H22N2OS/c1-10(2)13-4-3-5-14-15(13)18-16(20-14)17-11-6-8-12(19)9-7-11/h3-5,10-12,19H,6-9H2,1-2H3,(H,17,18). The molecule has 0 unspecified atom stereocenters. The summed E-state index contributed by atoms with van der Waals surface area (Å²) in [7, 11) is 0. The van der Waals surface area contributed by atoms with Crippen molar-refractivity contribution in [1.82, 2.24) is 4.98 Å². The van der Waals surface area contributed by atoms with Gasteiger partial charge in [0.25, 0.3) is 0 Å². The molecule has 1 aromatic heterocycles. The normalized spacial score (nSPS) is 23.4. The van der Waals surface area contributed by atoms with Crippen LogP contribution in [0.4, 0.5) is 5.13 Å². The lowest BCUT2D eigenvalue weighted by Gasteiger charge is -2.25. The molecule has 108 valence electrons. The van der Waals surface area contributed by atoms with Gasteiger partial charge in [0.05, 0.1) is 16.3 Å². The van der Waals surface area contributed by atoms with Crippen molar-refractivity contribution < 1.29 is 5.11 Å². The third-order valence-corrected chi connectivity index (χ3v) is 5.05. The number of thiazole rings is 1. The Morgan fingerprint density at radius 3 is 2.70 bits per heavy atom.